The Bertz CT molecular complexity index is 1220. The van der Waals surface area contributed by atoms with Crippen molar-refractivity contribution in [2.45, 2.75) is 60.7 Å². The molecule has 1 saturated heterocycles. The normalized spacial score (nSPS) is 13.7. The van der Waals surface area contributed by atoms with E-state index in [2.05, 4.69) is 15.6 Å². The van der Waals surface area contributed by atoms with Crippen molar-refractivity contribution in [3.8, 4) is 0 Å². The number of aldehydes is 1. The molecule has 3 amide bonds. The Kier molecular flexibility index (Phi) is 8.99. The van der Waals surface area contributed by atoms with Crippen LogP contribution < -0.4 is 10.2 Å². The maximum atomic E-state index is 12.9. The molecular formula is C27H36N6O4. The van der Waals surface area contributed by atoms with Crippen LogP contribution in [0.25, 0.3) is 0 Å². The fraction of sp³-hybridized carbons (Fsp3) is 0.444. The summed E-state index contributed by atoms with van der Waals surface area (Å²) in [5.74, 6) is 0.466. The van der Waals surface area contributed by atoms with Gasteiger partial charge in [-0.3, -0.25) is 9.48 Å². The van der Waals surface area contributed by atoms with Gasteiger partial charge in [0.25, 0.3) is 5.91 Å². The first kappa shape index (κ1) is 27.8. The van der Waals surface area contributed by atoms with E-state index in [9.17, 15) is 14.4 Å². The van der Waals surface area contributed by atoms with Crippen molar-refractivity contribution >= 4 is 23.9 Å². The number of nitrogens with one attached hydrogen (secondary N) is 1. The monoisotopic (exact) mass is 508 g/mol. The van der Waals surface area contributed by atoms with Crippen molar-refractivity contribution in [1.82, 2.24) is 25.2 Å². The van der Waals surface area contributed by atoms with Crippen LogP contribution in [-0.4, -0.2) is 51.7 Å². The number of imide groups is 1. The van der Waals surface area contributed by atoms with E-state index in [0.29, 0.717) is 25.2 Å². The number of anilines is 1. The highest BCUT2D eigenvalue weighted by atomic mass is 16.5. The lowest BCUT2D eigenvalue weighted by Gasteiger charge is -2.16. The Balaban J connectivity index is 0.000000479. The van der Waals surface area contributed by atoms with Gasteiger partial charge in [0.1, 0.15) is 18.6 Å². The SMILES string of the molecule is CC(C)(C)CC=O.CNCc1cccc(CN2CC(=O)N(c3cnn(Cc4c(C)noc4C)c3)C2=O)c1. The van der Waals surface area contributed by atoms with Gasteiger partial charge >= 0.3 is 6.03 Å². The topological polar surface area (TPSA) is 114 Å². The van der Waals surface area contributed by atoms with Gasteiger partial charge in [0.2, 0.25) is 0 Å². The summed E-state index contributed by atoms with van der Waals surface area (Å²) < 4.78 is 6.86. The van der Waals surface area contributed by atoms with Crippen LogP contribution in [0.4, 0.5) is 10.5 Å². The van der Waals surface area contributed by atoms with Crippen molar-refractivity contribution in [2.24, 2.45) is 5.41 Å². The number of amides is 3. The zero-order valence-electron chi connectivity index (χ0n) is 22.4. The number of carbonyl (C=O) groups excluding carboxylic acids is 3. The molecule has 37 heavy (non-hydrogen) atoms. The number of aryl methyl sites for hydroxylation is 2. The highest BCUT2D eigenvalue weighted by Gasteiger charge is 2.37. The molecule has 0 unspecified atom stereocenters. The van der Waals surface area contributed by atoms with Gasteiger partial charge in [-0.05, 0) is 37.4 Å². The van der Waals surface area contributed by atoms with E-state index in [0.717, 1.165) is 41.0 Å². The second kappa shape index (κ2) is 12.0. The molecule has 1 aliphatic heterocycles. The molecule has 1 aliphatic rings. The first-order valence-corrected chi connectivity index (χ1v) is 12.2. The van der Waals surface area contributed by atoms with Crippen molar-refractivity contribution in [2.75, 3.05) is 18.5 Å². The molecule has 3 heterocycles. The maximum Gasteiger partial charge on any atom is 0.332 e. The van der Waals surface area contributed by atoms with E-state index in [4.69, 9.17) is 4.52 Å². The van der Waals surface area contributed by atoms with Gasteiger partial charge < -0.3 is 19.5 Å². The summed E-state index contributed by atoms with van der Waals surface area (Å²) in [4.78, 5) is 38.1. The summed E-state index contributed by atoms with van der Waals surface area (Å²) in [5.41, 5.74) is 4.49. The Morgan fingerprint density at radius 1 is 1.14 bits per heavy atom. The second-order valence-electron chi connectivity index (χ2n) is 10.3. The molecule has 4 rings (SSSR count). The van der Waals surface area contributed by atoms with E-state index < -0.39 is 0 Å². The molecule has 0 aliphatic carbocycles. The van der Waals surface area contributed by atoms with E-state index in [1.807, 2.05) is 65.9 Å². The number of urea groups is 1. The van der Waals surface area contributed by atoms with Crippen LogP contribution in [-0.2, 0) is 29.2 Å². The third-order valence-corrected chi connectivity index (χ3v) is 5.86. The zero-order valence-corrected chi connectivity index (χ0v) is 22.4. The number of hydrogen-bond acceptors (Lipinski definition) is 7. The van der Waals surface area contributed by atoms with Crippen LogP contribution in [0.2, 0.25) is 0 Å². The van der Waals surface area contributed by atoms with Crippen molar-refractivity contribution < 1.29 is 18.9 Å². The van der Waals surface area contributed by atoms with Crippen LogP contribution in [0, 0.1) is 19.3 Å². The van der Waals surface area contributed by atoms with Gasteiger partial charge in [0, 0.05) is 31.3 Å². The molecule has 3 aromatic rings. The van der Waals surface area contributed by atoms with Gasteiger partial charge in [-0.2, -0.15) is 5.10 Å². The average Bonchev–Trinajstić information content (AvgIpc) is 3.48. The highest BCUT2D eigenvalue weighted by molar-refractivity contribution is 6.19. The molecule has 198 valence electrons. The number of rotatable bonds is 8. The lowest BCUT2D eigenvalue weighted by atomic mass is 9.93. The number of hydrogen-bond donors (Lipinski definition) is 1. The van der Waals surface area contributed by atoms with Crippen molar-refractivity contribution in [3.63, 3.8) is 0 Å². The van der Waals surface area contributed by atoms with Gasteiger partial charge in [0.15, 0.2) is 0 Å². The van der Waals surface area contributed by atoms with Gasteiger partial charge in [-0.25, -0.2) is 9.69 Å². The number of aromatic nitrogens is 3. The zero-order chi connectivity index (χ0) is 27.2. The van der Waals surface area contributed by atoms with Gasteiger partial charge in [-0.15, -0.1) is 0 Å². The molecule has 1 N–H and O–H groups in total. The molecule has 0 radical (unpaired) electrons. The fourth-order valence-electron chi connectivity index (χ4n) is 3.88. The quantitative estimate of drug-likeness (QED) is 0.363. The molecule has 0 spiro atoms. The summed E-state index contributed by atoms with van der Waals surface area (Å²) in [5, 5.41) is 11.4. The fourth-order valence-corrected chi connectivity index (χ4v) is 3.88. The molecule has 10 nitrogen and oxygen atoms in total. The molecule has 10 heteroatoms. The van der Waals surface area contributed by atoms with Crippen LogP contribution in [0.15, 0.2) is 41.2 Å². The third kappa shape index (κ3) is 7.36. The number of benzene rings is 1. The predicted molar refractivity (Wildman–Crippen MR) is 140 cm³/mol. The first-order chi connectivity index (χ1) is 17.5. The van der Waals surface area contributed by atoms with Crippen LogP contribution in [0.3, 0.4) is 0 Å². The summed E-state index contributed by atoms with van der Waals surface area (Å²) >= 11 is 0. The molecule has 2 aromatic heterocycles. The number of nitrogens with zero attached hydrogens (tertiary/aromatic N) is 5. The van der Waals surface area contributed by atoms with E-state index >= 15 is 0 Å². The average molecular weight is 509 g/mol. The third-order valence-electron chi connectivity index (χ3n) is 5.86. The lowest BCUT2D eigenvalue weighted by molar-refractivity contribution is -0.116. The summed E-state index contributed by atoms with van der Waals surface area (Å²) in [6.45, 7) is 11.5. The minimum Gasteiger partial charge on any atom is -0.361 e. The second-order valence-corrected chi connectivity index (χ2v) is 10.3. The molecule has 0 saturated carbocycles. The molecule has 1 aromatic carbocycles. The van der Waals surface area contributed by atoms with Crippen LogP contribution >= 0.6 is 0 Å². The van der Waals surface area contributed by atoms with Gasteiger partial charge in [-0.1, -0.05) is 50.2 Å². The standard InChI is InChI=1S/C21H24N6O3.C6H12O/c1-14-19(15(2)30-24-14)12-26-11-18(9-23-26)27-20(28)13-25(21(27)29)10-17-6-4-5-16(7-17)8-22-3;1-6(2,3)4-5-7/h4-7,9,11,22H,8,10,12-13H2,1-3H3;5H,4H2,1-3H3. The van der Waals surface area contributed by atoms with E-state index in [-0.39, 0.29) is 23.9 Å². The summed E-state index contributed by atoms with van der Waals surface area (Å²) in [7, 11) is 1.89. The molecule has 0 bridgehead atoms. The minimum atomic E-state index is -0.337. The Morgan fingerprint density at radius 2 is 1.86 bits per heavy atom. The Hall–Kier alpha value is -3.79. The van der Waals surface area contributed by atoms with Crippen LogP contribution in [0.1, 0.15) is 55.3 Å². The Morgan fingerprint density at radius 3 is 2.46 bits per heavy atom. The largest absolute Gasteiger partial charge is 0.361 e. The van der Waals surface area contributed by atoms with Crippen molar-refractivity contribution in [1.29, 1.82) is 0 Å². The van der Waals surface area contributed by atoms with E-state index in [1.54, 1.807) is 15.8 Å². The molecule has 1 fully saturated rings. The maximum absolute atomic E-state index is 12.9. The van der Waals surface area contributed by atoms with Crippen LogP contribution in [0.5, 0.6) is 0 Å². The lowest BCUT2D eigenvalue weighted by Crippen LogP contribution is -2.32. The molecule has 0 atom stereocenters. The van der Waals surface area contributed by atoms with Gasteiger partial charge in [0.05, 0.1) is 24.1 Å². The van der Waals surface area contributed by atoms with E-state index in [1.165, 1.54) is 11.1 Å². The smallest absolute Gasteiger partial charge is 0.332 e. The number of carbonyl (C=O) groups is 3. The summed E-state index contributed by atoms with van der Waals surface area (Å²) in [6.07, 6.45) is 4.84. The minimum absolute atomic E-state index is 0.0458. The van der Waals surface area contributed by atoms with Crippen molar-refractivity contribution in [3.05, 3.63) is 64.8 Å². The first-order valence-electron chi connectivity index (χ1n) is 12.2. The summed E-state index contributed by atoms with van der Waals surface area (Å²) in [6, 6.07) is 7.65. The Labute approximate surface area is 217 Å². The highest BCUT2D eigenvalue weighted by Crippen LogP contribution is 2.23. The predicted octanol–water partition coefficient (Wildman–Crippen LogP) is 3.85. The molecular weight excluding hydrogens is 472 g/mol.